The number of ether oxygens (including phenoxy) is 1. The summed E-state index contributed by atoms with van der Waals surface area (Å²) in [6, 6.07) is 46.8. The van der Waals surface area contributed by atoms with Crippen LogP contribution in [0, 0.1) is 18.8 Å². The van der Waals surface area contributed by atoms with Crippen molar-refractivity contribution in [2.75, 3.05) is 9.80 Å². The minimum Gasteiger partial charge on any atom is -0.509 e. The number of anilines is 2. The van der Waals surface area contributed by atoms with Crippen molar-refractivity contribution in [3.8, 4) is 17.3 Å². The first-order valence-electron chi connectivity index (χ1n) is 22.0. The minimum absolute atomic E-state index is 0. The van der Waals surface area contributed by atoms with Gasteiger partial charge in [0.25, 0.3) is 0 Å². The molecule has 0 bridgehead atoms. The van der Waals surface area contributed by atoms with E-state index in [-0.39, 0.29) is 48.1 Å². The van der Waals surface area contributed by atoms with Crippen molar-refractivity contribution in [1.29, 1.82) is 0 Å². The molecule has 6 heteroatoms. The third-order valence-corrected chi connectivity index (χ3v) is 12.4. The number of benzene rings is 5. The van der Waals surface area contributed by atoms with Crippen LogP contribution in [0.3, 0.4) is 0 Å². The molecule has 5 aromatic carbocycles. The number of fused-ring (bicyclic) bond motifs is 3. The van der Waals surface area contributed by atoms with Gasteiger partial charge < -0.3 is 19.1 Å². The maximum Gasteiger partial charge on any atom is 0.135 e. The van der Waals surface area contributed by atoms with Crippen LogP contribution in [0.15, 0.2) is 127 Å². The average Bonchev–Trinajstić information content (AvgIpc) is 3.81. The van der Waals surface area contributed by atoms with E-state index in [1.165, 1.54) is 27.6 Å². The van der Waals surface area contributed by atoms with Gasteiger partial charge in [0.05, 0.1) is 0 Å². The van der Waals surface area contributed by atoms with E-state index in [2.05, 4.69) is 245 Å². The SMILES string of the molecule is CC(C)(C)c1cc(Oc2[c-]c3c(c(C(C)(C)C)c2)c2ccccc2n3-c2cc(C(C)(C)C)ccn2)[c-]c(N2C=C(C(C)(C)c3ccccc3)N(c3cccc(C(C)(C)C)c3)[CH-]2)c1.[Pt]. The number of aromatic nitrogens is 2. The topological polar surface area (TPSA) is 33.5 Å². The summed E-state index contributed by atoms with van der Waals surface area (Å²) in [6.07, 6.45) is 4.19. The van der Waals surface area contributed by atoms with Crippen LogP contribution in [-0.2, 0) is 48.1 Å². The number of nitrogens with zero attached hydrogens (tertiary/aromatic N) is 4. The van der Waals surface area contributed by atoms with Crippen molar-refractivity contribution < 1.29 is 25.8 Å². The number of hydrogen-bond acceptors (Lipinski definition) is 4. The van der Waals surface area contributed by atoms with Crippen LogP contribution in [0.2, 0.25) is 0 Å². The molecule has 0 saturated carbocycles. The van der Waals surface area contributed by atoms with Crippen LogP contribution in [0.25, 0.3) is 27.6 Å². The molecule has 330 valence electrons. The summed E-state index contributed by atoms with van der Waals surface area (Å²) in [5.74, 6) is 2.14. The van der Waals surface area contributed by atoms with Crippen LogP contribution in [0.4, 0.5) is 11.4 Å². The molecule has 0 fully saturated rings. The Hall–Kier alpha value is -5.12. The maximum atomic E-state index is 7.03. The van der Waals surface area contributed by atoms with Gasteiger partial charge in [-0.25, -0.2) is 4.98 Å². The second-order valence-electron chi connectivity index (χ2n) is 21.7. The second kappa shape index (κ2) is 16.5. The van der Waals surface area contributed by atoms with Crippen molar-refractivity contribution in [2.24, 2.45) is 0 Å². The summed E-state index contributed by atoms with van der Waals surface area (Å²) in [5, 5.41) is 2.34. The molecule has 0 saturated heterocycles. The smallest absolute Gasteiger partial charge is 0.135 e. The fourth-order valence-electron chi connectivity index (χ4n) is 8.49. The zero-order valence-electron chi connectivity index (χ0n) is 39.6. The van der Waals surface area contributed by atoms with Crippen LogP contribution in [0.5, 0.6) is 11.5 Å². The molecule has 7 aromatic rings. The van der Waals surface area contributed by atoms with E-state index in [9.17, 15) is 0 Å². The van der Waals surface area contributed by atoms with Crippen molar-refractivity contribution in [2.45, 2.75) is 124 Å². The quantitative estimate of drug-likeness (QED) is 0.149. The van der Waals surface area contributed by atoms with Gasteiger partial charge in [-0.15, -0.1) is 53.8 Å². The average molecular weight is 1020 g/mol. The number of allylic oxidation sites excluding steroid dienone is 1. The van der Waals surface area contributed by atoms with Crippen LogP contribution in [0.1, 0.15) is 125 Å². The molecule has 0 N–H and O–H groups in total. The first-order chi connectivity index (χ1) is 29.0. The zero-order valence-corrected chi connectivity index (χ0v) is 41.9. The summed E-state index contributed by atoms with van der Waals surface area (Å²) in [4.78, 5) is 9.52. The van der Waals surface area contributed by atoms with E-state index in [1.54, 1.807) is 0 Å². The van der Waals surface area contributed by atoms with Gasteiger partial charge in [-0.05, 0) is 80.3 Å². The third kappa shape index (κ3) is 9.01. The molecular formula is C57H63N4OPt-3. The number of pyridine rings is 1. The number of para-hydroxylation sites is 1. The predicted molar refractivity (Wildman–Crippen MR) is 261 cm³/mol. The van der Waals surface area contributed by atoms with Gasteiger partial charge in [0.1, 0.15) is 5.82 Å². The Morgan fingerprint density at radius 1 is 0.571 bits per heavy atom. The van der Waals surface area contributed by atoms with E-state index in [4.69, 9.17) is 9.72 Å². The van der Waals surface area contributed by atoms with Crippen molar-refractivity contribution in [3.63, 3.8) is 0 Å². The molecule has 63 heavy (non-hydrogen) atoms. The first kappa shape index (κ1) is 45.9. The van der Waals surface area contributed by atoms with Gasteiger partial charge in [-0.2, -0.15) is 0 Å². The van der Waals surface area contributed by atoms with E-state index >= 15 is 0 Å². The van der Waals surface area contributed by atoms with Gasteiger partial charge >= 0.3 is 0 Å². The third-order valence-electron chi connectivity index (χ3n) is 12.4. The number of hydrogen-bond donors (Lipinski definition) is 0. The molecule has 5 nitrogen and oxygen atoms in total. The number of rotatable bonds is 7. The predicted octanol–water partition coefficient (Wildman–Crippen LogP) is 15.0. The molecule has 0 atom stereocenters. The monoisotopic (exact) mass is 1010 g/mol. The van der Waals surface area contributed by atoms with E-state index in [1.807, 2.05) is 6.20 Å². The molecule has 0 unspecified atom stereocenters. The summed E-state index contributed by atoms with van der Waals surface area (Å²) in [6.45, 7) is 33.9. The van der Waals surface area contributed by atoms with Gasteiger partial charge in [-0.3, -0.25) is 0 Å². The molecule has 2 aromatic heterocycles. The Labute approximate surface area is 391 Å². The largest absolute Gasteiger partial charge is 0.509 e. The van der Waals surface area contributed by atoms with Crippen molar-refractivity contribution in [1.82, 2.24) is 9.55 Å². The van der Waals surface area contributed by atoms with E-state index < -0.39 is 0 Å². The fraction of sp³-hybridized carbons (Fsp3) is 0.333. The van der Waals surface area contributed by atoms with Crippen LogP contribution < -0.4 is 14.5 Å². The molecule has 0 radical (unpaired) electrons. The molecule has 0 amide bonds. The summed E-state index contributed by atoms with van der Waals surface area (Å²) < 4.78 is 9.29. The van der Waals surface area contributed by atoms with Gasteiger partial charge in [-0.1, -0.05) is 168 Å². The first-order valence-corrected chi connectivity index (χ1v) is 22.0. The normalized spacial score (nSPS) is 14.0. The standard InChI is InChI=1S/C57H63N4O.Pt/c1-53(2,3)39-23-20-24-42(29-39)60-37-59(36-50(60)57(13,14)38-21-16-15-17-22-38)43-30-41(55(7,8)9)31-44(33-43)62-45-34-47(56(10,11)12)52-46-25-18-19-26-48(46)61(49(52)35-45)51-32-40(27-28-58-51)54(4,5)6;/h15-32,34,36-37H,1-14H3;/q-3;. The van der Waals surface area contributed by atoms with Crippen LogP contribution in [-0.4, -0.2) is 9.55 Å². The Balaban J connectivity index is 0.00000595. The van der Waals surface area contributed by atoms with Crippen molar-refractivity contribution in [3.05, 3.63) is 174 Å². The van der Waals surface area contributed by atoms with Crippen LogP contribution >= 0.6 is 0 Å². The van der Waals surface area contributed by atoms with E-state index in [0.717, 1.165) is 44.9 Å². The molecule has 3 heterocycles. The van der Waals surface area contributed by atoms with Crippen molar-refractivity contribution >= 4 is 33.2 Å². The summed E-state index contributed by atoms with van der Waals surface area (Å²) in [5.41, 5.74) is 10.6. The van der Waals surface area contributed by atoms with Gasteiger partial charge in [0.15, 0.2) is 0 Å². The second-order valence-corrected chi connectivity index (χ2v) is 21.7. The molecule has 0 spiro atoms. The van der Waals surface area contributed by atoms with E-state index in [0.29, 0.717) is 11.5 Å². The zero-order chi connectivity index (χ0) is 44.6. The Morgan fingerprint density at radius 3 is 1.86 bits per heavy atom. The molecule has 8 rings (SSSR count). The Bertz CT molecular complexity index is 2820. The minimum atomic E-state index is -0.321. The molecule has 1 aliphatic heterocycles. The van der Waals surface area contributed by atoms with Gasteiger partial charge in [0, 0.05) is 61.1 Å². The Kier molecular flexibility index (Phi) is 12.0. The molecule has 1 aliphatic rings. The fourth-order valence-corrected chi connectivity index (χ4v) is 8.49. The Morgan fingerprint density at radius 2 is 1.19 bits per heavy atom. The summed E-state index contributed by atoms with van der Waals surface area (Å²) in [7, 11) is 0. The van der Waals surface area contributed by atoms with Gasteiger partial charge in [0.2, 0.25) is 0 Å². The molecular weight excluding hydrogens is 952 g/mol. The maximum absolute atomic E-state index is 7.03. The molecule has 0 aliphatic carbocycles. The summed E-state index contributed by atoms with van der Waals surface area (Å²) >= 11 is 0.